The fourth-order valence-electron chi connectivity index (χ4n) is 3.42. The molecule has 3 aromatic heterocycles. The molecule has 0 saturated heterocycles. The standard InChI is InChI=1S/C21H19Cl2N7OS/c1-11-12-8-18(20(31)26-7-3-6-17-13(9-24)19(25)28-27-17)32-21(12)30(29-11)10-14-15(22)4-2-5-16(14)23/h2,4-5,8H,3,6-7,10H2,1H3,(H,26,31)(H3,25,27,28). The van der Waals surface area contributed by atoms with Crippen LogP contribution < -0.4 is 11.1 Å². The number of H-pyrrole nitrogens is 1. The van der Waals surface area contributed by atoms with Gasteiger partial charge in [-0.1, -0.05) is 29.3 Å². The van der Waals surface area contributed by atoms with Crippen LogP contribution in [0.15, 0.2) is 24.3 Å². The molecular formula is C21H19Cl2N7OS. The fourth-order valence-corrected chi connectivity index (χ4v) is 5.01. The summed E-state index contributed by atoms with van der Waals surface area (Å²) >= 11 is 14.0. The topological polar surface area (TPSA) is 125 Å². The molecule has 0 saturated carbocycles. The smallest absolute Gasteiger partial charge is 0.261 e. The van der Waals surface area contributed by atoms with Crippen LogP contribution >= 0.6 is 34.5 Å². The lowest BCUT2D eigenvalue weighted by atomic mass is 10.1. The summed E-state index contributed by atoms with van der Waals surface area (Å²) in [5.74, 6) is 0.0388. The Morgan fingerprint density at radius 2 is 2.12 bits per heavy atom. The number of rotatable bonds is 7. The molecule has 4 rings (SSSR count). The molecule has 0 fully saturated rings. The van der Waals surface area contributed by atoms with Gasteiger partial charge in [-0.3, -0.25) is 9.89 Å². The second-order valence-corrected chi connectivity index (χ2v) is 9.05. The first-order chi connectivity index (χ1) is 15.4. The van der Waals surface area contributed by atoms with Crippen LogP contribution in [0, 0.1) is 18.3 Å². The number of aryl methyl sites for hydroxylation is 2. The predicted molar refractivity (Wildman–Crippen MR) is 126 cm³/mol. The van der Waals surface area contributed by atoms with Gasteiger partial charge in [0.25, 0.3) is 5.91 Å². The number of nitrogens with one attached hydrogen (secondary N) is 2. The number of nitrogens with two attached hydrogens (primary N) is 1. The summed E-state index contributed by atoms with van der Waals surface area (Å²) in [5, 5.41) is 25.3. The Kier molecular flexibility index (Phi) is 6.37. The maximum absolute atomic E-state index is 12.7. The van der Waals surface area contributed by atoms with Gasteiger partial charge in [0, 0.05) is 27.5 Å². The van der Waals surface area contributed by atoms with Gasteiger partial charge >= 0.3 is 0 Å². The van der Waals surface area contributed by atoms with E-state index in [1.807, 2.05) is 23.7 Å². The van der Waals surface area contributed by atoms with E-state index in [1.165, 1.54) is 11.3 Å². The summed E-state index contributed by atoms with van der Waals surface area (Å²) in [7, 11) is 0. The molecule has 0 aliphatic rings. The summed E-state index contributed by atoms with van der Waals surface area (Å²) in [6.07, 6.45) is 1.21. The lowest BCUT2D eigenvalue weighted by molar-refractivity contribution is 0.0957. The zero-order chi connectivity index (χ0) is 22.8. The van der Waals surface area contributed by atoms with Crippen molar-refractivity contribution in [2.24, 2.45) is 0 Å². The van der Waals surface area contributed by atoms with Crippen molar-refractivity contribution in [3.8, 4) is 6.07 Å². The Labute approximate surface area is 197 Å². The van der Waals surface area contributed by atoms with Crippen LogP contribution in [0.1, 0.15) is 38.6 Å². The highest BCUT2D eigenvalue weighted by atomic mass is 35.5. The van der Waals surface area contributed by atoms with Crippen molar-refractivity contribution >= 4 is 56.5 Å². The number of carbonyl (C=O) groups excluding carboxylic acids is 1. The van der Waals surface area contributed by atoms with E-state index in [0.29, 0.717) is 52.1 Å². The Balaban J connectivity index is 1.44. The Hall–Kier alpha value is -3.06. The second kappa shape index (κ2) is 9.20. The van der Waals surface area contributed by atoms with Crippen LogP contribution in [0.4, 0.5) is 5.82 Å². The Morgan fingerprint density at radius 3 is 2.84 bits per heavy atom. The number of fused-ring (bicyclic) bond motifs is 1. The summed E-state index contributed by atoms with van der Waals surface area (Å²) in [6, 6.07) is 9.27. The molecule has 4 aromatic rings. The van der Waals surface area contributed by atoms with E-state index in [1.54, 1.807) is 18.2 Å². The average molecular weight is 488 g/mol. The number of nitrogen functional groups attached to an aromatic ring is 1. The molecule has 0 bridgehead atoms. The number of hydrogen-bond donors (Lipinski definition) is 3. The van der Waals surface area contributed by atoms with Gasteiger partial charge < -0.3 is 11.1 Å². The number of hydrogen-bond acceptors (Lipinski definition) is 6. The maximum atomic E-state index is 12.7. The van der Waals surface area contributed by atoms with Gasteiger partial charge in [-0.2, -0.15) is 15.5 Å². The Morgan fingerprint density at radius 1 is 1.38 bits per heavy atom. The van der Waals surface area contributed by atoms with Gasteiger partial charge in [-0.15, -0.1) is 11.3 Å². The molecule has 0 atom stereocenters. The van der Waals surface area contributed by atoms with Gasteiger partial charge in [0.15, 0.2) is 5.82 Å². The molecule has 0 aliphatic carbocycles. The highest BCUT2D eigenvalue weighted by Gasteiger charge is 2.18. The predicted octanol–water partition coefficient (Wildman–Crippen LogP) is 4.30. The number of aromatic nitrogens is 4. The number of amides is 1. The molecule has 164 valence electrons. The third-order valence-corrected chi connectivity index (χ3v) is 6.93. The SMILES string of the molecule is Cc1nn(Cc2c(Cl)cccc2Cl)c2sc(C(=O)NCCCc3[nH]nc(N)c3C#N)cc12. The van der Waals surface area contributed by atoms with E-state index in [2.05, 4.69) is 20.6 Å². The summed E-state index contributed by atoms with van der Waals surface area (Å²) in [4.78, 5) is 14.2. The first kappa shape index (κ1) is 22.1. The van der Waals surface area contributed by atoms with Crippen molar-refractivity contribution in [2.45, 2.75) is 26.3 Å². The van der Waals surface area contributed by atoms with Gasteiger partial charge in [0.2, 0.25) is 0 Å². The van der Waals surface area contributed by atoms with Crippen molar-refractivity contribution in [3.63, 3.8) is 0 Å². The summed E-state index contributed by atoms with van der Waals surface area (Å²) < 4.78 is 1.82. The molecule has 1 aromatic carbocycles. The van der Waals surface area contributed by atoms with Crippen molar-refractivity contribution in [3.05, 3.63) is 61.7 Å². The van der Waals surface area contributed by atoms with Gasteiger partial charge in [0.1, 0.15) is 16.5 Å². The van der Waals surface area contributed by atoms with E-state index in [0.717, 1.165) is 21.5 Å². The quantitative estimate of drug-likeness (QED) is 0.335. The molecular weight excluding hydrogens is 469 g/mol. The van der Waals surface area contributed by atoms with Crippen LogP contribution in [-0.4, -0.2) is 32.4 Å². The number of thiophene rings is 1. The van der Waals surface area contributed by atoms with Crippen molar-refractivity contribution in [1.82, 2.24) is 25.3 Å². The largest absolute Gasteiger partial charge is 0.381 e. The van der Waals surface area contributed by atoms with E-state index in [9.17, 15) is 4.79 Å². The number of halogens is 2. The van der Waals surface area contributed by atoms with Gasteiger partial charge in [0.05, 0.1) is 22.8 Å². The van der Waals surface area contributed by atoms with E-state index < -0.39 is 0 Å². The molecule has 8 nitrogen and oxygen atoms in total. The summed E-state index contributed by atoms with van der Waals surface area (Å²) in [6.45, 7) is 2.78. The lowest BCUT2D eigenvalue weighted by Gasteiger charge is -2.07. The third kappa shape index (κ3) is 4.30. The van der Waals surface area contributed by atoms with Crippen molar-refractivity contribution < 1.29 is 4.79 Å². The molecule has 1 amide bonds. The molecule has 3 heterocycles. The van der Waals surface area contributed by atoms with Crippen LogP contribution in [0.3, 0.4) is 0 Å². The minimum Gasteiger partial charge on any atom is -0.381 e. The Bertz CT molecular complexity index is 1330. The van der Waals surface area contributed by atoms with Gasteiger partial charge in [-0.25, -0.2) is 4.68 Å². The molecule has 11 heteroatoms. The first-order valence-corrected chi connectivity index (χ1v) is 11.4. The highest BCUT2D eigenvalue weighted by Crippen LogP contribution is 2.31. The van der Waals surface area contributed by atoms with Crippen LogP contribution in [0.25, 0.3) is 10.2 Å². The molecule has 32 heavy (non-hydrogen) atoms. The first-order valence-electron chi connectivity index (χ1n) is 9.80. The maximum Gasteiger partial charge on any atom is 0.261 e. The van der Waals surface area contributed by atoms with Crippen molar-refractivity contribution in [2.75, 3.05) is 12.3 Å². The second-order valence-electron chi connectivity index (χ2n) is 7.21. The number of nitrogens with zero attached hydrogens (tertiary/aromatic N) is 4. The molecule has 0 aliphatic heterocycles. The van der Waals surface area contributed by atoms with E-state index in [4.69, 9.17) is 34.2 Å². The third-order valence-electron chi connectivity index (χ3n) is 5.07. The normalized spacial score (nSPS) is 11.1. The minimum absolute atomic E-state index is 0.155. The van der Waals surface area contributed by atoms with Crippen molar-refractivity contribution in [1.29, 1.82) is 5.26 Å². The zero-order valence-electron chi connectivity index (χ0n) is 17.1. The fraction of sp³-hybridized carbons (Fsp3) is 0.238. The molecule has 0 unspecified atom stereocenters. The van der Waals surface area contributed by atoms with E-state index in [-0.39, 0.29) is 11.7 Å². The number of benzene rings is 1. The highest BCUT2D eigenvalue weighted by molar-refractivity contribution is 7.20. The number of nitriles is 1. The average Bonchev–Trinajstić information content (AvgIpc) is 3.43. The van der Waals surface area contributed by atoms with E-state index >= 15 is 0 Å². The number of aromatic amines is 1. The zero-order valence-corrected chi connectivity index (χ0v) is 19.4. The van der Waals surface area contributed by atoms with Crippen LogP contribution in [0.2, 0.25) is 10.0 Å². The lowest BCUT2D eigenvalue weighted by Crippen LogP contribution is -2.24. The number of carbonyl (C=O) groups is 1. The van der Waals surface area contributed by atoms with Crippen LogP contribution in [-0.2, 0) is 13.0 Å². The monoisotopic (exact) mass is 487 g/mol. The van der Waals surface area contributed by atoms with Crippen LogP contribution in [0.5, 0.6) is 0 Å². The van der Waals surface area contributed by atoms with Gasteiger partial charge in [-0.05, 0) is 38.0 Å². The summed E-state index contributed by atoms with van der Waals surface area (Å²) in [5.41, 5.74) is 8.30. The number of anilines is 1. The molecule has 0 radical (unpaired) electrons. The minimum atomic E-state index is -0.155. The molecule has 4 N–H and O–H groups in total. The molecule has 0 spiro atoms.